The van der Waals surface area contributed by atoms with Crippen LogP contribution in [-0.4, -0.2) is 21.8 Å². The first-order chi connectivity index (χ1) is 6.59. The molecule has 0 amide bonds. The molecule has 1 aromatic rings. The molecule has 1 rings (SSSR count). The van der Waals surface area contributed by atoms with Crippen LogP contribution in [0.3, 0.4) is 0 Å². The molecule has 0 saturated heterocycles. The zero-order chi connectivity index (χ0) is 10.6. The van der Waals surface area contributed by atoms with E-state index >= 15 is 0 Å². The molecule has 0 spiro atoms. The lowest BCUT2D eigenvalue weighted by atomic mass is 10.2. The average Bonchev–Trinajstić information content (AvgIpc) is 2.16. The number of carboxylic acid groups (broad SMARTS) is 1. The fourth-order valence-electron chi connectivity index (χ4n) is 0.821. The van der Waals surface area contributed by atoms with Gasteiger partial charge in [-0.2, -0.15) is 0 Å². The number of carboxylic acids is 1. The highest BCUT2D eigenvalue weighted by Gasteiger charge is 2.05. The number of carbonyl (C=O) groups is 2. The highest BCUT2D eigenvalue weighted by Crippen LogP contribution is 2.01. The number of ketones is 1. The summed E-state index contributed by atoms with van der Waals surface area (Å²) in [7, 11) is 0. The molecule has 0 unspecified atom stereocenters. The summed E-state index contributed by atoms with van der Waals surface area (Å²) in [5.41, 5.74) is 1.57. The summed E-state index contributed by atoms with van der Waals surface area (Å²) < 4.78 is 0. The van der Waals surface area contributed by atoms with E-state index in [2.05, 4.69) is 4.98 Å². The Kier molecular flexibility index (Phi) is 3.12. The molecule has 4 nitrogen and oxygen atoms in total. The molecule has 0 aliphatic heterocycles. The molecule has 0 atom stereocenters. The first-order valence-corrected chi connectivity index (χ1v) is 3.97. The average molecular weight is 191 g/mol. The first kappa shape index (κ1) is 10.1. The van der Waals surface area contributed by atoms with Crippen molar-refractivity contribution in [3.8, 4) is 0 Å². The molecule has 0 saturated carbocycles. The fourth-order valence-corrected chi connectivity index (χ4v) is 0.821. The number of hydrogen-bond donors (Lipinski definition) is 1. The Morgan fingerprint density at radius 3 is 2.64 bits per heavy atom. The lowest BCUT2D eigenvalue weighted by Gasteiger charge is -1.92. The predicted octanol–water partition coefficient (Wildman–Crippen LogP) is 1.06. The van der Waals surface area contributed by atoms with E-state index < -0.39 is 11.8 Å². The summed E-state index contributed by atoms with van der Waals surface area (Å²) in [6, 6.07) is 3.54. The summed E-state index contributed by atoms with van der Waals surface area (Å²) in [6.45, 7) is 1.84. The molecule has 0 bridgehead atoms. The van der Waals surface area contributed by atoms with Crippen LogP contribution in [0.5, 0.6) is 0 Å². The number of aliphatic carboxylic acids is 1. The monoisotopic (exact) mass is 191 g/mol. The molecule has 0 aliphatic carbocycles. The van der Waals surface area contributed by atoms with Gasteiger partial charge in [-0.25, -0.2) is 4.79 Å². The van der Waals surface area contributed by atoms with Gasteiger partial charge < -0.3 is 5.11 Å². The van der Waals surface area contributed by atoms with E-state index in [9.17, 15) is 9.59 Å². The summed E-state index contributed by atoms with van der Waals surface area (Å²) in [4.78, 5) is 24.8. The van der Waals surface area contributed by atoms with E-state index in [0.29, 0.717) is 5.56 Å². The molecule has 1 heterocycles. The second-order valence-corrected chi connectivity index (χ2v) is 2.74. The number of hydrogen-bond acceptors (Lipinski definition) is 3. The Hall–Kier alpha value is -1.97. The summed E-state index contributed by atoms with van der Waals surface area (Å²) in [5.74, 6) is -2.40. The van der Waals surface area contributed by atoms with Crippen LogP contribution in [0.4, 0.5) is 0 Å². The van der Waals surface area contributed by atoms with Crippen LogP contribution in [-0.2, 0) is 9.59 Å². The van der Waals surface area contributed by atoms with Crippen LogP contribution < -0.4 is 0 Å². The van der Waals surface area contributed by atoms with E-state index in [0.717, 1.165) is 11.8 Å². The molecule has 72 valence electrons. The van der Waals surface area contributed by atoms with E-state index in [4.69, 9.17) is 5.11 Å². The number of aromatic nitrogens is 1. The van der Waals surface area contributed by atoms with Gasteiger partial charge in [0.2, 0.25) is 0 Å². The largest absolute Gasteiger partial charge is 0.475 e. The van der Waals surface area contributed by atoms with Gasteiger partial charge in [-0.05, 0) is 30.7 Å². The third-order valence-corrected chi connectivity index (χ3v) is 1.57. The van der Waals surface area contributed by atoms with Crippen molar-refractivity contribution in [1.29, 1.82) is 0 Å². The third-order valence-electron chi connectivity index (χ3n) is 1.57. The Bertz CT molecular complexity index is 379. The molecule has 0 radical (unpaired) electrons. The van der Waals surface area contributed by atoms with Gasteiger partial charge in [0.25, 0.3) is 5.78 Å². The van der Waals surface area contributed by atoms with Crippen LogP contribution >= 0.6 is 0 Å². The number of aryl methyl sites for hydroxylation is 1. The minimum atomic E-state index is -1.46. The van der Waals surface area contributed by atoms with Gasteiger partial charge in [0, 0.05) is 11.9 Å². The smallest absolute Gasteiger partial charge is 0.376 e. The molecular formula is C10H9NO3. The maximum atomic E-state index is 10.7. The van der Waals surface area contributed by atoms with Crippen molar-refractivity contribution >= 4 is 17.8 Å². The molecule has 1 aromatic heterocycles. The molecule has 0 aliphatic rings. The minimum absolute atomic E-state index is 0.699. The standard InChI is InChI=1S/C10H9NO3/c1-7-2-3-8(6-11-7)4-5-9(12)10(13)14/h2-6H,1H3,(H,13,14)/b5-4+. The highest BCUT2D eigenvalue weighted by atomic mass is 16.4. The van der Waals surface area contributed by atoms with E-state index in [1.54, 1.807) is 18.3 Å². The predicted molar refractivity (Wildman–Crippen MR) is 50.7 cm³/mol. The van der Waals surface area contributed by atoms with Gasteiger partial charge >= 0.3 is 5.97 Å². The summed E-state index contributed by atoms with van der Waals surface area (Å²) in [5, 5.41) is 8.29. The third kappa shape index (κ3) is 2.82. The molecule has 0 fully saturated rings. The van der Waals surface area contributed by atoms with Crippen LogP contribution in [0, 0.1) is 6.92 Å². The molecule has 1 N–H and O–H groups in total. The van der Waals surface area contributed by atoms with Crippen molar-refractivity contribution in [1.82, 2.24) is 4.98 Å². The second-order valence-electron chi connectivity index (χ2n) is 2.74. The van der Waals surface area contributed by atoms with Gasteiger partial charge in [0.05, 0.1) is 0 Å². The zero-order valence-corrected chi connectivity index (χ0v) is 7.60. The van der Waals surface area contributed by atoms with Gasteiger partial charge in [-0.3, -0.25) is 9.78 Å². The summed E-state index contributed by atoms with van der Waals surface area (Å²) in [6.07, 6.45) is 4.00. The van der Waals surface area contributed by atoms with Gasteiger partial charge in [0.1, 0.15) is 0 Å². The fraction of sp³-hybridized carbons (Fsp3) is 0.100. The van der Waals surface area contributed by atoms with Crippen molar-refractivity contribution in [3.63, 3.8) is 0 Å². The molecule has 14 heavy (non-hydrogen) atoms. The number of rotatable bonds is 3. The summed E-state index contributed by atoms with van der Waals surface area (Å²) >= 11 is 0. The van der Waals surface area contributed by atoms with Crippen LogP contribution in [0.15, 0.2) is 24.4 Å². The van der Waals surface area contributed by atoms with Crippen molar-refractivity contribution in [2.24, 2.45) is 0 Å². The minimum Gasteiger partial charge on any atom is -0.475 e. The number of pyridine rings is 1. The Morgan fingerprint density at radius 1 is 1.43 bits per heavy atom. The maximum Gasteiger partial charge on any atom is 0.376 e. The van der Waals surface area contributed by atoms with Gasteiger partial charge in [-0.15, -0.1) is 0 Å². The van der Waals surface area contributed by atoms with Crippen LogP contribution in [0.2, 0.25) is 0 Å². The van der Waals surface area contributed by atoms with Crippen molar-refractivity contribution in [2.45, 2.75) is 6.92 Å². The van der Waals surface area contributed by atoms with Crippen molar-refractivity contribution in [2.75, 3.05) is 0 Å². The highest BCUT2D eigenvalue weighted by molar-refractivity contribution is 6.38. The van der Waals surface area contributed by atoms with Crippen LogP contribution in [0.25, 0.3) is 6.08 Å². The number of nitrogens with zero attached hydrogens (tertiary/aromatic N) is 1. The lowest BCUT2D eigenvalue weighted by Crippen LogP contribution is -2.08. The molecule has 4 heteroatoms. The number of carbonyl (C=O) groups excluding carboxylic acids is 1. The van der Waals surface area contributed by atoms with Gasteiger partial charge in [-0.1, -0.05) is 6.07 Å². The Morgan fingerprint density at radius 2 is 2.14 bits per heavy atom. The quantitative estimate of drug-likeness (QED) is 0.573. The normalized spacial score (nSPS) is 10.4. The molecule has 0 aromatic carbocycles. The lowest BCUT2D eigenvalue weighted by molar-refractivity contribution is -0.146. The van der Waals surface area contributed by atoms with E-state index in [1.165, 1.54) is 6.08 Å². The van der Waals surface area contributed by atoms with Crippen molar-refractivity contribution < 1.29 is 14.7 Å². The van der Waals surface area contributed by atoms with Crippen LogP contribution in [0.1, 0.15) is 11.3 Å². The van der Waals surface area contributed by atoms with E-state index in [1.807, 2.05) is 6.92 Å². The Balaban J connectivity index is 2.74. The molecular weight excluding hydrogens is 182 g/mol. The zero-order valence-electron chi connectivity index (χ0n) is 7.60. The SMILES string of the molecule is Cc1ccc(/C=C/C(=O)C(=O)O)cn1. The van der Waals surface area contributed by atoms with E-state index in [-0.39, 0.29) is 0 Å². The topological polar surface area (TPSA) is 67.3 Å². The first-order valence-electron chi connectivity index (χ1n) is 3.97. The second kappa shape index (κ2) is 4.32. The van der Waals surface area contributed by atoms with Crippen molar-refractivity contribution in [3.05, 3.63) is 35.7 Å². The van der Waals surface area contributed by atoms with Gasteiger partial charge in [0.15, 0.2) is 0 Å². The maximum absolute atomic E-state index is 10.7. The Labute approximate surface area is 80.9 Å².